The Labute approximate surface area is 120 Å². The lowest BCUT2D eigenvalue weighted by molar-refractivity contribution is 0.0503. The number of carbonyl (C=O) groups excluding carboxylic acids is 1. The minimum atomic E-state index is -0.240. The summed E-state index contributed by atoms with van der Waals surface area (Å²) in [5.74, 6) is -0.240. The van der Waals surface area contributed by atoms with Gasteiger partial charge in [0.05, 0.1) is 6.61 Å². The van der Waals surface area contributed by atoms with Crippen molar-refractivity contribution in [3.63, 3.8) is 0 Å². The molecule has 0 unspecified atom stereocenters. The number of anilines is 1. The van der Waals surface area contributed by atoms with E-state index in [0.717, 1.165) is 17.7 Å². The molecule has 1 heterocycles. The van der Waals surface area contributed by atoms with Gasteiger partial charge in [0.15, 0.2) is 0 Å². The lowest BCUT2D eigenvalue weighted by atomic mass is 10.1. The van der Waals surface area contributed by atoms with Gasteiger partial charge in [-0.2, -0.15) is 0 Å². The number of nitrogens with two attached hydrogens (primary N) is 1. The standard InChI is InChI=1S/C15H25NO2S/c1-3-4-5-6-7-8-9-10-18-15(17)14-11-13(16)12(2)19-14/h11H,3-10,16H2,1-2H3. The van der Waals surface area contributed by atoms with E-state index >= 15 is 0 Å². The van der Waals surface area contributed by atoms with E-state index in [4.69, 9.17) is 10.5 Å². The van der Waals surface area contributed by atoms with E-state index in [1.807, 2.05) is 6.92 Å². The Morgan fingerprint density at radius 2 is 1.84 bits per heavy atom. The molecular weight excluding hydrogens is 258 g/mol. The lowest BCUT2D eigenvalue weighted by Crippen LogP contribution is -2.04. The van der Waals surface area contributed by atoms with E-state index in [9.17, 15) is 4.79 Å². The summed E-state index contributed by atoms with van der Waals surface area (Å²) in [4.78, 5) is 13.3. The molecule has 0 bridgehead atoms. The minimum absolute atomic E-state index is 0.240. The van der Waals surface area contributed by atoms with Crippen LogP contribution in [0.3, 0.4) is 0 Å². The fraction of sp³-hybridized carbons (Fsp3) is 0.667. The Hall–Kier alpha value is -1.03. The zero-order valence-electron chi connectivity index (χ0n) is 12.0. The monoisotopic (exact) mass is 283 g/mol. The van der Waals surface area contributed by atoms with Crippen molar-refractivity contribution < 1.29 is 9.53 Å². The van der Waals surface area contributed by atoms with Crippen LogP contribution >= 0.6 is 11.3 Å². The number of hydrogen-bond donors (Lipinski definition) is 1. The van der Waals surface area contributed by atoms with Crippen LogP contribution in [0, 0.1) is 6.92 Å². The zero-order chi connectivity index (χ0) is 14.1. The average molecular weight is 283 g/mol. The normalized spacial score (nSPS) is 10.6. The molecule has 0 aliphatic heterocycles. The van der Waals surface area contributed by atoms with Crippen molar-refractivity contribution in [2.24, 2.45) is 0 Å². The zero-order valence-corrected chi connectivity index (χ0v) is 12.9. The first kappa shape index (κ1) is 16.0. The summed E-state index contributed by atoms with van der Waals surface area (Å²) in [6.45, 7) is 4.65. The van der Waals surface area contributed by atoms with E-state index < -0.39 is 0 Å². The van der Waals surface area contributed by atoms with Crippen molar-refractivity contribution >= 4 is 23.0 Å². The molecule has 19 heavy (non-hydrogen) atoms. The number of unbranched alkanes of at least 4 members (excludes halogenated alkanes) is 6. The average Bonchev–Trinajstić information content (AvgIpc) is 2.73. The van der Waals surface area contributed by atoms with Gasteiger partial charge in [0.25, 0.3) is 0 Å². The molecule has 0 spiro atoms. The quantitative estimate of drug-likeness (QED) is 0.534. The van der Waals surface area contributed by atoms with Gasteiger partial charge >= 0.3 is 5.97 Å². The van der Waals surface area contributed by atoms with Gasteiger partial charge in [-0.15, -0.1) is 11.3 Å². The molecule has 0 fully saturated rings. The maximum absolute atomic E-state index is 11.7. The molecular formula is C15H25NO2S. The molecule has 1 aromatic heterocycles. The third-order valence-corrected chi connectivity index (χ3v) is 4.18. The molecule has 0 saturated heterocycles. The minimum Gasteiger partial charge on any atom is -0.462 e. The Balaban J connectivity index is 2.08. The van der Waals surface area contributed by atoms with Crippen LogP contribution < -0.4 is 5.73 Å². The largest absolute Gasteiger partial charge is 0.462 e. The van der Waals surface area contributed by atoms with Gasteiger partial charge in [-0.05, 0) is 19.4 Å². The van der Waals surface area contributed by atoms with Crippen LogP contribution in [0.2, 0.25) is 0 Å². The third kappa shape index (κ3) is 6.10. The number of ether oxygens (including phenoxy) is 1. The van der Waals surface area contributed by atoms with E-state index in [-0.39, 0.29) is 5.97 Å². The molecule has 108 valence electrons. The van der Waals surface area contributed by atoms with Crippen molar-refractivity contribution in [1.82, 2.24) is 0 Å². The molecule has 0 radical (unpaired) electrons. The van der Waals surface area contributed by atoms with E-state index in [1.165, 1.54) is 43.4 Å². The summed E-state index contributed by atoms with van der Waals surface area (Å²) in [7, 11) is 0. The van der Waals surface area contributed by atoms with Crippen LogP contribution in [0.4, 0.5) is 5.69 Å². The predicted molar refractivity (Wildman–Crippen MR) is 81.7 cm³/mol. The van der Waals surface area contributed by atoms with Gasteiger partial charge in [-0.3, -0.25) is 0 Å². The van der Waals surface area contributed by atoms with Crippen molar-refractivity contribution in [2.45, 2.75) is 58.8 Å². The van der Waals surface area contributed by atoms with Gasteiger partial charge in [-0.1, -0.05) is 45.4 Å². The first-order chi connectivity index (χ1) is 9.15. The third-order valence-electron chi connectivity index (χ3n) is 3.14. The number of thiophene rings is 1. The highest BCUT2D eigenvalue weighted by atomic mass is 32.1. The second kappa shape index (κ2) is 8.97. The van der Waals surface area contributed by atoms with Crippen molar-refractivity contribution in [3.05, 3.63) is 15.8 Å². The molecule has 1 rings (SSSR count). The Bertz CT molecular complexity index is 368. The molecule has 1 aromatic rings. The van der Waals surface area contributed by atoms with E-state index in [1.54, 1.807) is 6.07 Å². The number of nitrogen functional groups attached to an aromatic ring is 1. The van der Waals surface area contributed by atoms with Gasteiger partial charge in [0.2, 0.25) is 0 Å². The second-order valence-electron chi connectivity index (χ2n) is 4.88. The van der Waals surface area contributed by atoms with E-state index in [2.05, 4.69) is 6.92 Å². The number of aryl methyl sites for hydroxylation is 1. The van der Waals surface area contributed by atoms with Crippen LogP contribution in [0.5, 0.6) is 0 Å². The molecule has 0 saturated carbocycles. The summed E-state index contributed by atoms with van der Waals surface area (Å²) in [6.07, 6.45) is 8.56. The number of esters is 1. The number of hydrogen-bond acceptors (Lipinski definition) is 4. The van der Waals surface area contributed by atoms with Crippen LogP contribution in [0.1, 0.15) is 66.4 Å². The SMILES string of the molecule is CCCCCCCCCOC(=O)c1cc(N)c(C)s1. The molecule has 0 aromatic carbocycles. The lowest BCUT2D eigenvalue weighted by Gasteiger charge is -2.03. The van der Waals surface area contributed by atoms with Crippen LogP contribution in [0.25, 0.3) is 0 Å². The maximum atomic E-state index is 11.7. The highest BCUT2D eigenvalue weighted by molar-refractivity contribution is 7.14. The van der Waals surface area contributed by atoms with Crippen LogP contribution in [-0.4, -0.2) is 12.6 Å². The van der Waals surface area contributed by atoms with Crippen molar-refractivity contribution in [2.75, 3.05) is 12.3 Å². The Kier molecular flexibility index (Phi) is 7.56. The smallest absolute Gasteiger partial charge is 0.348 e. The van der Waals surface area contributed by atoms with Gasteiger partial charge in [-0.25, -0.2) is 4.79 Å². The van der Waals surface area contributed by atoms with E-state index in [0.29, 0.717) is 17.2 Å². The molecule has 0 aliphatic carbocycles. The highest BCUT2D eigenvalue weighted by Crippen LogP contribution is 2.24. The fourth-order valence-electron chi connectivity index (χ4n) is 1.89. The first-order valence-electron chi connectivity index (χ1n) is 7.18. The molecule has 4 heteroatoms. The number of rotatable bonds is 9. The van der Waals surface area contributed by atoms with Crippen LogP contribution in [-0.2, 0) is 4.74 Å². The van der Waals surface area contributed by atoms with Gasteiger partial charge in [0, 0.05) is 10.6 Å². The summed E-state index contributed by atoms with van der Waals surface area (Å²) < 4.78 is 5.24. The van der Waals surface area contributed by atoms with Crippen LogP contribution in [0.15, 0.2) is 6.07 Å². The highest BCUT2D eigenvalue weighted by Gasteiger charge is 2.11. The molecule has 0 atom stereocenters. The second-order valence-corrected chi connectivity index (χ2v) is 6.14. The Morgan fingerprint density at radius 3 is 2.42 bits per heavy atom. The molecule has 0 aliphatic rings. The first-order valence-corrected chi connectivity index (χ1v) is 7.99. The summed E-state index contributed by atoms with van der Waals surface area (Å²) >= 11 is 1.40. The molecule has 2 N–H and O–H groups in total. The molecule has 3 nitrogen and oxygen atoms in total. The predicted octanol–water partition coefficient (Wildman–Crippen LogP) is 4.55. The number of carbonyl (C=O) groups is 1. The van der Waals surface area contributed by atoms with Crippen molar-refractivity contribution in [1.29, 1.82) is 0 Å². The van der Waals surface area contributed by atoms with Gasteiger partial charge in [0.1, 0.15) is 4.88 Å². The Morgan fingerprint density at radius 1 is 1.21 bits per heavy atom. The fourth-order valence-corrected chi connectivity index (χ4v) is 2.73. The summed E-state index contributed by atoms with van der Waals surface area (Å²) in [6, 6.07) is 1.70. The summed E-state index contributed by atoms with van der Waals surface area (Å²) in [5.41, 5.74) is 6.39. The topological polar surface area (TPSA) is 52.3 Å². The molecule has 0 amide bonds. The van der Waals surface area contributed by atoms with Gasteiger partial charge < -0.3 is 10.5 Å². The summed E-state index contributed by atoms with van der Waals surface area (Å²) in [5, 5.41) is 0. The van der Waals surface area contributed by atoms with Crippen molar-refractivity contribution in [3.8, 4) is 0 Å². The maximum Gasteiger partial charge on any atom is 0.348 e.